The summed E-state index contributed by atoms with van der Waals surface area (Å²) in [6, 6.07) is 7.89. The monoisotopic (exact) mass is 310 g/mol. The highest BCUT2D eigenvalue weighted by Gasteiger charge is 2.31. The minimum atomic E-state index is -0.970. The molecule has 21 heavy (non-hydrogen) atoms. The van der Waals surface area contributed by atoms with Crippen LogP contribution < -0.4 is 5.73 Å². The molecule has 0 amide bonds. The first-order valence-corrected chi connectivity index (χ1v) is 7.99. The zero-order valence-electron chi connectivity index (χ0n) is 12.5. The van der Waals surface area contributed by atoms with Crippen molar-refractivity contribution in [1.82, 2.24) is 4.90 Å². The van der Waals surface area contributed by atoms with Gasteiger partial charge < -0.3 is 10.8 Å². The second-order valence-electron chi connectivity index (χ2n) is 4.98. The maximum atomic E-state index is 12.3. The minimum absolute atomic E-state index is 0.174. The van der Waals surface area contributed by atoms with Gasteiger partial charge in [-0.1, -0.05) is 37.3 Å². The first-order chi connectivity index (χ1) is 9.88. The SMILES string of the molecule is CSC(C)C[C@@H](C(=O)O)N(C)C(N)C(=O)c1ccccc1. The number of carboxylic acids is 1. The number of hydrogen-bond acceptors (Lipinski definition) is 5. The fourth-order valence-corrected chi connectivity index (χ4v) is 2.38. The lowest BCUT2D eigenvalue weighted by Gasteiger charge is -2.30. The number of ketones is 1. The molecule has 0 heterocycles. The zero-order valence-corrected chi connectivity index (χ0v) is 13.3. The van der Waals surface area contributed by atoms with Gasteiger partial charge in [-0.25, -0.2) is 0 Å². The summed E-state index contributed by atoms with van der Waals surface area (Å²) in [7, 11) is 1.58. The lowest BCUT2D eigenvalue weighted by atomic mass is 10.1. The Balaban J connectivity index is 2.85. The fourth-order valence-electron chi connectivity index (χ4n) is 2.00. The molecule has 6 heteroatoms. The Bertz CT molecular complexity index is 481. The van der Waals surface area contributed by atoms with Crippen LogP contribution >= 0.6 is 11.8 Å². The van der Waals surface area contributed by atoms with Gasteiger partial charge >= 0.3 is 5.97 Å². The van der Waals surface area contributed by atoms with Crippen LogP contribution in [0.2, 0.25) is 0 Å². The van der Waals surface area contributed by atoms with Crippen molar-refractivity contribution < 1.29 is 14.7 Å². The van der Waals surface area contributed by atoms with Crippen LogP contribution in [0.1, 0.15) is 23.7 Å². The number of aliphatic carboxylic acids is 1. The molecular formula is C15H22N2O3S. The van der Waals surface area contributed by atoms with E-state index in [1.54, 1.807) is 43.1 Å². The Kier molecular flexibility index (Phi) is 6.87. The maximum Gasteiger partial charge on any atom is 0.321 e. The molecule has 116 valence electrons. The molecule has 0 bridgehead atoms. The maximum absolute atomic E-state index is 12.3. The number of nitrogens with zero attached hydrogens (tertiary/aromatic N) is 1. The minimum Gasteiger partial charge on any atom is -0.480 e. The summed E-state index contributed by atoms with van der Waals surface area (Å²) in [4.78, 5) is 25.2. The van der Waals surface area contributed by atoms with E-state index in [4.69, 9.17) is 5.73 Å². The molecule has 0 aromatic heterocycles. The lowest BCUT2D eigenvalue weighted by Crippen LogP contribution is -2.53. The number of benzene rings is 1. The number of likely N-dealkylation sites (N-methyl/N-ethyl adjacent to an activating group) is 1. The molecule has 0 radical (unpaired) electrons. The molecule has 2 unspecified atom stereocenters. The molecule has 1 aromatic carbocycles. The van der Waals surface area contributed by atoms with Crippen molar-refractivity contribution in [3.05, 3.63) is 35.9 Å². The quantitative estimate of drug-likeness (QED) is 0.561. The molecule has 1 rings (SSSR count). The van der Waals surface area contributed by atoms with Gasteiger partial charge in [0.2, 0.25) is 0 Å². The summed E-state index contributed by atoms with van der Waals surface area (Å²) < 4.78 is 0. The number of nitrogens with two attached hydrogens (primary N) is 1. The third-order valence-electron chi connectivity index (χ3n) is 3.50. The van der Waals surface area contributed by atoms with Crippen molar-refractivity contribution in [2.24, 2.45) is 5.73 Å². The molecule has 3 atom stereocenters. The van der Waals surface area contributed by atoms with E-state index in [0.717, 1.165) is 0 Å². The Morgan fingerprint density at radius 3 is 2.38 bits per heavy atom. The summed E-state index contributed by atoms with van der Waals surface area (Å²) in [5, 5.41) is 9.55. The third-order valence-corrected chi connectivity index (χ3v) is 4.50. The number of carbonyl (C=O) groups excluding carboxylic acids is 1. The van der Waals surface area contributed by atoms with E-state index in [-0.39, 0.29) is 11.0 Å². The van der Waals surface area contributed by atoms with E-state index in [2.05, 4.69) is 0 Å². The molecule has 0 aliphatic heterocycles. The molecule has 0 spiro atoms. The molecule has 3 N–H and O–H groups in total. The van der Waals surface area contributed by atoms with Gasteiger partial charge in [0.15, 0.2) is 5.78 Å². The van der Waals surface area contributed by atoms with Gasteiger partial charge in [-0.3, -0.25) is 14.5 Å². The third kappa shape index (κ3) is 4.84. The Hall–Kier alpha value is -1.37. The summed E-state index contributed by atoms with van der Waals surface area (Å²) in [6.07, 6.45) is 1.39. The fraction of sp³-hybridized carbons (Fsp3) is 0.467. The molecule has 0 aliphatic carbocycles. The normalized spacial score (nSPS) is 15.5. The van der Waals surface area contributed by atoms with Gasteiger partial charge in [0.05, 0.1) is 0 Å². The van der Waals surface area contributed by atoms with E-state index in [1.807, 2.05) is 19.2 Å². The predicted molar refractivity (Wildman–Crippen MR) is 85.5 cm³/mol. The highest BCUT2D eigenvalue weighted by molar-refractivity contribution is 7.99. The lowest BCUT2D eigenvalue weighted by molar-refractivity contribution is -0.143. The van der Waals surface area contributed by atoms with E-state index in [9.17, 15) is 14.7 Å². The zero-order chi connectivity index (χ0) is 16.0. The van der Waals surface area contributed by atoms with Crippen molar-refractivity contribution in [1.29, 1.82) is 0 Å². The first kappa shape index (κ1) is 17.7. The number of carbonyl (C=O) groups is 2. The summed E-state index contributed by atoms with van der Waals surface area (Å²) in [5.41, 5.74) is 6.44. The number of hydrogen-bond donors (Lipinski definition) is 2. The molecule has 0 saturated carbocycles. The van der Waals surface area contributed by atoms with Crippen LogP contribution in [0.5, 0.6) is 0 Å². The van der Waals surface area contributed by atoms with E-state index in [1.165, 1.54) is 4.90 Å². The van der Waals surface area contributed by atoms with Crippen LogP contribution in [-0.2, 0) is 4.79 Å². The molecule has 0 aliphatic rings. The Morgan fingerprint density at radius 2 is 1.90 bits per heavy atom. The van der Waals surface area contributed by atoms with Crippen LogP contribution in [0, 0.1) is 0 Å². The molecule has 1 aromatic rings. The van der Waals surface area contributed by atoms with Gasteiger partial charge in [-0.15, -0.1) is 0 Å². The van der Waals surface area contributed by atoms with Gasteiger partial charge in [0, 0.05) is 10.8 Å². The van der Waals surface area contributed by atoms with Crippen LogP contribution in [-0.4, -0.2) is 52.5 Å². The van der Waals surface area contributed by atoms with E-state index < -0.39 is 18.2 Å². The van der Waals surface area contributed by atoms with E-state index >= 15 is 0 Å². The Morgan fingerprint density at radius 1 is 1.33 bits per heavy atom. The van der Waals surface area contributed by atoms with Crippen molar-refractivity contribution in [3.8, 4) is 0 Å². The number of rotatable bonds is 8. The largest absolute Gasteiger partial charge is 0.480 e. The van der Waals surface area contributed by atoms with Gasteiger partial charge in [-0.05, 0) is 19.7 Å². The van der Waals surface area contributed by atoms with Gasteiger partial charge in [-0.2, -0.15) is 11.8 Å². The first-order valence-electron chi connectivity index (χ1n) is 6.70. The number of Topliss-reactive ketones (excluding diaryl/α,β-unsaturated/α-hetero) is 1. The molecule has 0 saturated heterocycles. The summed E-state index contributed by atoms with van der Waals surface area (Å²) >= 11 is 1.59. The van der Waals surface area contributed by atoms with Gasteiger partial charge in [0.1, 0.15) is 12.2 Å². The Labute approximate surface area is 129 Å². The van der Waals surface area contributed by atoms with Crippen LogP contribution in [0.15, 0.2) is 30.3 Å². The standard InChI is InChI=1S/C15H22N2O3S/c1-10(21-3)9-12(15(19)20)17(2)14(16)13(18)11-7-5-4-6-8-11/h4-8,10,12,14H,9,16H2,1-3H3,(H,19,20)/t10?,12-,14?/m0/s1. The highest BCUT2D eigenvalue weighted by atomic mass is 32.2. The van der Waals surface area contributed by atoms with Crippen molar-refractivity contribution >= 4 is 23.5 Å². The average Bonchev–Trinajstić information content (AvgIpc) is 2.50. The highest BCUT2D eigenvalue weighted by Crippen LogP contribution is 2.17. The van der Waals surface area contributed by atoms with Crippen molar-refractivity contribution in [3.63, 3.8) is 0 Å². The van der Waals surface area contributed by atoms with Crippen LogP contribution in [0.4, 0.5) is 0 Å². The van der Waals surface area contributed by atoms with E-state index in [0.29, 0.717) is 12.0 Å². The second-order valence-corrected chi connectivity index (χ2v) is 6.25. The van der Waals surface area contributed by atoms with Crippen molar-refractivity contribution in [2.45, 2.75) is 30.8 Å². The average molecular weight is 310 g/mol. The molecular weight excluding hydrogens is 288 g/mol. The molecule has 0 fully saturated rings. The molecule has 5 nitrogen and oxygen atoms in total. The predicted octanol–water partition coefficient (Wildman–Crippen LogP) is 1.68. The summed E-state index contributed by atoms with van der Waals surface area (Å²) in [6.45, 7) is 1.96. The van der Waals surface area contributed by atoms with Crippen molar-refractivity contribution in [2.75, 3.05) is 13.3 Å². The van der Waals surface area contributed by atoms with Crippen LogP contribution in [0.3, 0.4) is 0 Å². The topological polar surface area (TPSA) is 83.6 Å². The van der Waals surface area contributed by atoms with Crippen LogP contribution in [0.25, 0.3) is 0 Å². The number of thioether (sulfide) groups is 1. The number of carboxylic acid groups (broad SMARTS) is 1. The second kappa shape index (κ2) is 8.17. The summed E-state index contributed by atoms with van der Waals surface area (Å²) in [5.74, 6) is -1.24. The smallest absolute Gasteiger partial charge is 0.321 e. The van der Waals surface area contributed by atoms with Gasteiger partial charge in [0.25, 0.3) is 0 Å².